The largest absolute Gasteiger partial charge is 0.270 e. The number of hydrogen-bond acceptors (Lipinski definition) is 5. The van der Waals surface area contributed by atoms with Crippen molar-refractivity contribution in [2.45, 2.75) is 15.1 Å². The molecule has 0 unspecified atom stereocenters. The van der Waals surface area contributed by atoms with E-state index in [0.29, 0.717) is 5.92 Å². The molecule has 1 saturated carbocycles. The first kappa shape index (κ1) is 13.4. The Morgan fingerprint density at radius 2 is 2.32 bits per heavy atom. The SMILES string of the molecule is O=[N+]([O-])c1ccc2nc(SC[C@@H]3CC3(Cl)Cl)sc2c1. The molecule has 2 aromatic rings. The maximum atomic E-state index is 10.7. The average Bonchev–Trinajstić information content (AvgIpc) is 2.80. The van der Waals surface area contributed by atoms with Crippen LogP contribution in [0.15, 0.2) is 22.5 Å². The van der Waals surface area contributed by atoms with Crippen LogP contribution in [0.1, 0.15) is 6.42 Å². The van der Waals surface area contributed by atoms with Crippen molar-refractivity contribution in [1.29, 1.82) is 0 Å². The summed E-state index contributed by atoms with van der Waals surface area (Å²) >= 11 is 15.0. The number of fused-ring (bicyclic) bond motifs is 1. The van der Waals surface area contributed by atoms with Crippen LogP contribution in [-0.4, -0.2) is 20.0 Å². The normalized spacial score (nSPS) is 20.6. The van der Waals surface area contributed by atoms with E-state index in [1.807, 2.05) is 0 Å². The number of thioether (sulfide) groups is 1. The van der Waals surface area contributed by atoms with Crippen LogP contribution in [0.2, 0.25) is 0 Å². The van der Waals surface area contributed by atoms with Crippen molar-refractivity contribution in [3.63, 3.8) is 0 Å². The number of halogens is 2. The predicted molar refractivity (Wildman–Crippen MR) is 79.5 cm³/mol. The summed E-state index contributed by atoms with van der Waals surface area (Å²) in [5.41, 5.74) is 0.882. The zero-order chi connectivity index (χ0) is 13.6. The maximum absolute atomic E-state index is 10.7. The van der Waals surface area contributed by atoms with Gasteiger partial charge in [0.15, 0.2) is 4.34 Å². The van der Waals surface area contributed by atoms with Crippen LogP contribution in [0, 0.1) is 16.0 Å². The molecule has 1 aliphatic carbocycles. The number of benzene rings is 1. The van der Waals surface area contributed by atoms with Crippen LogP contribution in [-0.2, 0) is 0 Å². The molecule has 0 N–H and O–H groups in total. The monoisotopic (exact) mass is 334 g/mol. The van der Waals surface area contributed by atoms with E-state index in [-0.39, 0.29) is 5.69 Å². The van der Waals surface area contributed by atoms with Gasteiger partial charge in [0.1, 0.15) is 4.33 Å². The Morgan fingerprint density at radius 3 is 2.95 bits per heavy atom. The second-order valence-electron chi connectivity index (χ2n) is 4.36. The van der Waals surface area contributed by atoms with E-state index in [1.54, 1.807) is 23.9 Å². The van der Waals surface area contributed by atoms with E-state index in [4.69, 9.17) is 23.2 Å². The van der Waals surface area contributed by atoms with Crippen molar-refractivity contribution in [2.75, 3.05) is 5.75 Å². The standard InChI is InChI=1S/C11H8Cl2N2O2S2/c12-11(13)4-6(11)5-18-10-14-8-2-1-7(15(16)17)3-9(8)19-10/h1-3,6H,4-5H2/t6-/m0/s1. The molecule has 100 valence electrons. The van der Waals surface area contributed by atoms with Crippen molar-refractivity contribution in [2.24, 2.45) is 5.92 Å². The molecular weight excluding hydrogens is 327 g/mol. The highest BCUT2D eigenvalue weighted by Gasteiger charge is 2.51. The molecule has 1 atom stereocenters. The summed E-state index contributed by atoms with van der Waals surface area (Å²) < 4.78 is 1.16. The van der Waals surface area contributed by atoms with Crippen LogP contribution >= 0.6 is 46.3 Å². The van der Waals surface area contributed by atoms with Crippen LogP contribution in [0.5, 0.6) is 0 Å². The molecule has 1 fully saturated rings. The van der Waals surface area contributed by atoms with Gasteiger partial charge in [0, 0.05) is 23.8 Å². The van der Waals surface area contributed by atoms with Crippen molar-refractivity contribution in [3.05, 3.63) is 28.3 Å². The Hall–Kier alpha value is -0.560. The summed E-state index contributed by atoms with van der Waals surface area (Å²) in [6.07, 6.45) is 0.819. The van der Waals surface area contributed by atoms with Gasteiger partial charge in [-0.25, -0.2) is 4.98 Å². The van der Waals surface area contributed by atoms with E-state index in [0.717, 1.165) is 26.7 Å². The van der Waals surface area contributed by atoms with Crippen molar-refractivity contribution in [1.82, 2.24) is 4.98 Å². The third-order valence-corrected chi connectivity index (χ3v) is 6.18. The second-order valence-corrected chi connectivity index (χ2v) is 8.20. The topological polar surface area (TPSA) is 56.0 Å². The highest BCUT2D eigenvalue weighted by Crippen LogP contribution is 2.55. The van der Waals surface area contributed by atoms with Crippen LogP contribution < -0.4 is 0 Å². The fraction of sp³-hybridized carbons (Fsp3) is 0.364. The summed E-state index contributed by atoms with van der Waals surface area (Å²) in [6, 6.07) is 4.71. The molecular formula is C11H8Cl2N2O2S2. The van der Waals surface area contributed by atoms with E-state index in [9.17, 15) is 10.1 Å². The summed E-state index contributed by atoms with van der Waals surface area (Å²) in [7, 11) is 0. The lowest BCUT2D eigenvalue weighted by Gasteiger charge is -1.96. The summed E-state index contributed by atoms with van der Waals surface area (Å²) in [4.78, 5) is 14.7. The quantitative estimate of drug-likeness (QED) is 0.357. The van der Waals surface area contributed by atoms with Crippen LogP contribution in [0.25, 0.3) is 10.2 Å². The molecule has 0 spiro atoms. The number of nitrogens with zero attached hydrogens (tertiary/aromatic N) is 2. The van der Waals surface area contributed by atoms with Gasteiger partial charge in [-0.2, -0.15) is 0 Å². The molecule has 1 aliphatic rings. The first-order valence-corrected chi connectivity index (χ1v) is 8.07. The molecule has 0 bridgehead atoms. The number of nitro benzene ring substituents is 1. The molecule has 4 nitrogen and oxygen atoms in total. The van der Waals surface area contributed by atoms with Gasteiger partial charge in [-0.05, 0) is 12.5 Å². The molecule has 1 heterocycles. The van der Waals surface area contributed by atoms with Crippen molar-refractivity contribution >= 4 is 62.2 Å². The zero-order valence-corrected chi connectivity index (χ0v) is 12.7. The van der Waals surface area contributed by atoms with Gasteiger partial charge in [0.25, 0.3) is 5.69 Å². The number of alkyl halides is 2. The predicted octanol–water partition coefficient (Wildman–Crippen LogP) is 4.49. The van der Waals surface area contributed by atoms with E-state index in [1.165, 1.54) is 17.4 Å². The smallest absolute Gasteiger partial charge is 0.258 e. The van der Waals surface area contributed by atoms with E-state index in [2.05, 4.69) is 4.98 Å². The third kappa shape index (κ3) is 2.81. The molecule has 19 heavy (non-hydrogen) atoms. The molecule has 0 aliphatic heterocycles. The molecule has 3 rings (SSSR count). The van der Waals surface area contributed by atoms with Crippen LogP contribution in [0.3, 0.4) is 0 Å². The Balaban J connectivity index is 1.76. The third-order valence-electron chi connectivity index (χ3n) is 2.93. The van der Waals surface area contributed by atoms with Gasteiger partial charge < -0.3 is 0 Å². The van der Waals surface area contributed by atoms with Crippen LogP contribution in [0.4, 0.5) is 5.69 Å². The molecule has 1 aromatic carbocycles. The van der Waals surface area contributed by atoms with Crippen molar-refractivity contribution < 1.29 is 4.92 Å². The Bertz CT molecular complexity index is 659. The Morgan fingerprint density at radius 1 is 1.58 bits per heavy atom. The van der Waals surface area contributed by atoms with Crippen molar-refractivity contribution in [3.8, 4) is 0 Å². The average molecular weight is 335 g/mol. The van der Waals surface area contributed by atoms with E-state index < -0.39 is 9.26 Å². The minimum atomic E-state index is -0.567. The van der Waals surface area contributed by atoms with Gasteiger partial charge in [0.05, 0.1) is 15.1 Å². The fourth-order valence-electron chi connectivity index (χ4n) is 1.69. The lowest BCUT2D eigenvalue weighted by Crippen LogP contribution is -1.92. The second kappa shape index (κ2) is 4.77. The zero-order valence-electron chi connectivity index (χ0n) is 9.51. The number of aromatic nitrogens is 1. The number of nitro groups is 1. The maximum Gasteiger partial charge on any atom is 0.270 e. The highest BCUT2D eigenvalue weighted by atomic mass is 35.5. The molecule has 8 heteroatoms. The summed E-state index contributed by atoms with van der Waals surface area (Å²) in [5.74, 6) is 1.14. The van der Waals surface area contributed by atoms with E-state index >= 15 is 0 Å². The number of thiazole rings is 1. The van der Waals surface area contributed by atoms with Gasteiger partial charge in [-0.3, -0.25) is 10.1 Å². The Labute approximate surface area is 127 Å². The minimum absolute atomic E-state index is 0.0930. The number of hydrogen-bond donors (Lipinski definition) is 0. The first-order chi connectivity index (χ1) is 8.95. The van der Waals surface area contributed by atoms with Gasteiger partial charge in [-0.1, -0.05) is 11.8 Å². The lowest BCUT2D eigenvalue weighted by atomic mass is 10.3. The summed E-state index contributed by atoms with van der Waals surface area (Å²) in [5, 5.41) is 10.7. The summed E-state index contributed by atoms with van der Waals surface area (Å²) in [6.45, 7) is 0. The van der Waals surface area contributed by atoms with Gasteiger partial charge >= 0.3 is 0 Å². The van der Waals surface area contributed by atoms with Gasteiger partial charge in [-0.15, -0.1) is 34.5 Å². The highest BCUT2D eigenvalue weighted by molar-refractivity contribution is 8.01. The minimum Gasteiger partial charge on any atom is -0.258 e. The number of rotatable bonds is 4. The first-order valence-electron chi connectivity index (χ1n) is 5.51. The van der Waals surface area contributed by atoms with Gasteiger partial charge in [0.2, 0.25) is 0 Å². The lowest BCUT2D eigenvalue weighted by molar-refractivity contribution is -0.384. The molecule has 0 saturated heterocycles. The Kier molecular flexibility index (Phi) is 3.37. The number of non-ortho nitro benzene ring substituents is 1. The molecule has 0 radical (unpaired) electrons. The molecule has 1 aromatic heterocycles. The fourth-order valence-corrected chi connectivity index (χ4v) is 4.75. The molecule has 0 amide bonds.